The lowest BCUT2D eigenvalue weighted by atomic mass is 10.1. The number of sulfonamides is 1. The molecule has 0 aliphatic carbocycles. The Bertz CT molecular complexity index is 771. The van der Waals surface area contributed by atoms with Gasteiger partial charge < -0.3 is 4.57 Å². The molecule has 0 aliphatic heterocycles. The highest BCUT2D eigenvalue weighted by molar-refractivity contribution is 7.89. The lowest BCUT2D eigenvalue weighted by molar-refractivity contribution is -0.385. The van der Waals surface area contributed by atoms with Gasteiger partial charge in [0.15, 0.2) is 5.03 Å². The lowest BCUT2D eigenvalue weighted by Crippen LogP contribution is -2.12. The van der Waals surface area contributed by atoms with Crippen molar-refractivity contribution >= 4 is 15.7 Å². The van der Waals surface area contributed by atoms with Crippen molar-refractivity contribution in [3.8, 4) is 0 Å². The number of nitrogens with zero attached hydrogens (tertiary/aromatic N) is 3. The average molecular weight is 300 g/mol. The van der Waals surface area contributed by atoms with Crippen LogP contribution in [0, 0.1) is 15.9 Å². The monoisotopic (exact) mass is 300 g/mol. The van der Waals surface area contributed by atoms with Crippen molar-refractivity contribution in [2.24, 2.45) is 5.14 Å². The van der Waals surface area contributed by atoms with E-state index in [1.807, 2.05) is 0 Å². The minimum absolute atomic E-state index is 0.0911. The maximum atomic E-state index is 13.1. The van der Waals surface area contributed by atoms with Gasteiger partial charge in [-0.3, -0.25) is 10.1 Å². The molecular weight excluding hydrogens is 291 g/mol. The Balaban J connectivity index is 2.37. The van der Waals surface area contributed by atoms with Gasteiger partial charge in [0.25, 0.3) is 15.7 Å². The van der Waals surface area contributed by atoms with Crippen LogP contribution in [0.25, 0.3) is 0 Å². The Morgan fingerprint density at radius 2 is 2.15 bits per heavy atom. The predicted molar refractivity (Wildman–Crippen MR) is 65.8 cm³/mol. The van der Waals surface area contributed by atoms with E-state index in [1.165, 1.54) is 4.57 Å². The van der Waals surface area contributed by atoms with E-state index in [4.69, 9.17) is 5.14 Å². The molecule has 1 aromatic carbocycles. The summed E-state index contributed by atoms with van der Waals surface area (Å²) >= 11 is 0. The third kappa shape index (κ3) is 2.97. The standard InChI is InChI=1S/C10H9FN4O4S/c11-8-1-2-9(15(16)17)7(3-8)4-14-5-10(13-6-14)20(12,18)19/h1-3,5-6H,4H2,(H2,12,18,19). The van der Waals surface area contributed by atoms with Crippen LogP contribution in [-0.4, -0.2) is 22.9 Å². The van der Waals surface area contributed by atoms with Crippen LogP contribution in [0.15, 0.2) is 35.7 Å². The molecule has 106 valence electrons. The summed E-state index contributed by atoms with van der Waals surface area (Å²) in [6.07, 6.45) is 2.26. The first-order chi connectivity index (χ1) is 9.27. The van der Waals surface area contributed by atoms with Crippen molar-refractivity contribution in [2.75, 3.05) is 0 Å². The van der Waals surface area contributed by atoms with E-state index in [2.05, 4.69) is 4.98 Å². The van der Waals surface area contributed by atoms with Crippen LogP contribution >= 0.6 is 0 Å². The van der Waals surface area contributed by atoms with Crippen molar-refractivity contribution in [2.45, 2.75) is 11.6 Å². The summed E-state index contributed by atoms with van der Waals surface area (Å²) in [4.78, 5) is 13.8. The summed E-state index contributed by atoms with van der Waals surface area (Å²) in [7, 11) is -3.95. The highest BCUT2D eigenvalue weighted by Crippen LogP contribution is 2.20. The van der Waals surface area contributed by atoms with Gasteiger partial charge in [-0.1, -0.05) is 0 Å². The lowest BCUT2D eigenvalue weighted by Gasteiger charge is -2.04. The van der Waals surface area contributed by atoms with Crippen molar-refractivity contribution in [1.82, 2.24) is 9.55 Å². The molecule has 0 amide bonds. The molecule has 0 bridgehead atoms. The number of halogens is 1. The number of hydrogen-bond donors (Lipinski definition) is 1. The number of nitrogens with two attached hydrogens (primary N) is 1. The molecule has 0 saturated heterocycles. The molecule has 2 N–H and O–H groups in total. The van der Waals surface area contributed by atoms with Gasteiger partial charge in [-0.2, -0.15) is 0 Å². The minimum Gasteiger partial charge on any atom is -0.331 e. The minimum atomic E-state index is -3.95. The van der Waals surface area contributed by atoms with Gasteiger partial charge in [0.1, 0.15) is 5.82 Å². The summed E-state index contributed by atoms with van der Waals surface area (Å²) in [5, 5.41) is 15.4. The van der Waals surface area contributed by atoms with E-state index < -0.39 is 20.8 Å². The third-order valence-corrected chi connectivity index (χ3v) is 3.29. The Labute approximate surface area is 112 Å². The molecule has 2 rings (SSSR count). The van der Waals surface area contributed by atoms with Gasteiger partial charge in [-0.05, 0) is 12.1 Å². The van der Waals surface area contributed by atoms with Crippen LogP contribution in [0.2, 0.25) is 0 Å². The van der Waals surface area contributed by atoms with Gasteiger partial charge in [0.2, 0.25) is 0 Å². The summed E-state index contributed by atoms with van der Waals surface area (Å²) in [5.41, 5.74) is -0.175. The Kier molecular flexibility index (Phi) is 3.51. The van der Waals surface area contributed by atoms with Crippen LogP contribution < -0.4 is 5.14 Å². The summed E-state index contributed by atoms with van der Waals surface area (Å²) < 4.78 is 36.5. The molecular formula is C10H9FN4O4S. The normalized spacial score (nSPS) is 11.5. The molecule has 2 aromatic rings. The molecule has 0 spiro atoms. The number of nitro benzene ring substituents is 1. The highest BCUT2D eigenvalue weighted by atomic mass is 32.2. The van der Waals surface area contributed by atoms with Crippen LogP contribution in [0.3, 0.4) is 0 Å². The van der Waals surface area contributed by atoms with Crippen LogP contribution in [0.5, 0.6) is 0 Å². The molecule has 0 aliphatic rings. The van der Waals surface area contributed by atoms with Gasteiger partial charge >= 0.3 is 0 Å². The van der Waals surface area contributed by atoms with Crippen LogP contribution in [0.1, 0.15) is 5.56 Å². The average Bonchev–Trinajstić information content (AvgIpc) is 2.76. The van der Waals surface area contributed by atoms with Gasteiger partial charge in [-0.25, -0.2) is 22.9 Å². The number of primary sulfonamides is 1. The number of benzene rings is 1. The zero-order valence-corrected chi connectivity index (χ0v) is 10.7. The van der Waals surface area contributed by atoms with Crippen molar-refractivity contribution < 1.29 is 17.7 Å². The number of rotatable bonds is 4. The van der Waals surface area contributed by atoms with E-state index in [-0.39, 0.29) is 22.8 Å². The second-order valence-electron chi connectivity index (χ2n) is 3.96. The third-order valence-electron chi connectivity index (χ3n) is 2.49. The second-order valence-corrected chi connectivity index (χ2v) is 5.47. The van der Waals surface area contributed by atoms with E-state index in [9.17, 15) is 22.9 Å². The summed E-state index contributed by atoms with van der Waals surface area (Å²) in [6.45, 7) is -0.101. The van der Waals surface area contributed by atoms with Gasteiger partial charge in [-0.15, -0.1) is 0 Å². The Morgan fingerprint density at radius 3 is 2.70 bits per heavy atom. The molecule has 1 heterocycles. The number of nitro groups is 1. The second kappa shape index (κ2) is 4.98. The Morgan fingerprint density at radius 1 is 1.45 bits per heavy atom. The van der Waals surface area contributed by atoms with Crippen LogP contribution in [-0.2, 0) is 16.6 Å². The summed E-state index contributed by atoms with van der Waals surface area (Å²) in [5.74, 6) is -0.627. The van der Waals surface area contributed by atoms with E-state index in [1.54, 1.807) is 0 Å². The molecule has 8 nitrogen and oxygen atoms in total. The predicted octanol–water partition coefficient (Wildman–Crippen LogP) is 0.626. The van der Waals surface area contributed by atoms with E-state index >= 15 is 0 Å². The fourth-order valence-corrected chi connectivity index (χ4v) is 2.10. The molecule has 1 aromatic heterocycles. The molecule has 0 atom stereocenters. The number of hydrogen-bond acceptors (Lipinski definition) is 5. The van der Waals surface area contributed by atoms with Gasteiger partial charge in [0, 0.05) is 12.3 Å². The highest BCUT2D eigenvalue weighted by Gasteiger charge is 2.16. The number of aromatic nitrogens is 2. The first-order valence-electron chi connectivity index (χ1n) is 5.25. The quantitative estimate of drug-likeness (QED) is 0.655. The van der Waals surface area contributed by atoms with Crippen molar-refractivity contribution in [3.05, 3.63) is 52.2 Å². The SMILES string of the molecule is NS(=O)(=O)c1cn(Cc2cc(F)ccc2[N+](=O)[O-])cn1. The van der Waals surface area contributed by atoms with Crippen molar-refractivity contribution in [1.29, 1.82) is 0 Å². The molecule has 0 saturated carbocycles. The van der Waals surface area contributed by atoms with E-state index in [0.717, 1.165) is 30.7 Å². The molecule has 0 unspecified atom stereocenters. The molecule has 0 fully saturated rings. The van der Waals surface area contributed by atoms with E-state index in [0.29, 0.717) is 0 Å². The summed E-state index contributed by atoms with van der Waals surface area (Å²) in [6, 6.07) is 3.03. The van der Waals surface area contributed by atoms with Gasteiger partial charge in [0.05, 0.1) is 23.4 Å². The zero-order valence-electron chi connectivity index (χ0n) is 9.93. The fourth-order valence-electron chi connectivity index (χ4n) is 1.63. The maximum Gasteiger partial charge on any atom is 0.274 e. The van der Waals surface area contributed by atoms with Crippen molar-refractivity contribution in [3.63, 3.8) is 0 Å². The molecule has 0 radical (unpaired) electrons. The van der Waals surface area contributed by atoms with Crippen LogP contribution in [0.4, 0.5) is 10.1 Å². The Hall–Kier alpha value is -2.33. The molecule has 10 heteroatoms. The maximum absolute atomic E-state index is 13.1. The number of imidazole rings is 1. The topological polar surface area (TPSA) is 121 Å². The smallest absolute Gasteiger partial charge is 0.274 e. The first kappa shape index (κ1) is 14.1. The molecule has 20 heavy (non-hydrogen) atoms. The zero-order chi connectivity index (χ0) is 14.9. The fraction of sp³-hybridized carbons (Fsp3) is 0.100. The first-order valence-corrected chi connectivity index (χ1v) is 6.79. The largest absolute Gasteiger partial charge is 0.331 e.